The molecule has 0 aliphatic rings. The van der Waals surface area contributed by atoms with Crippen LogP contribution in [0.25, 0.3) is 0 Å². The van der Waals surface area contributed by atoms with E-state index in [2.05, 4.69) is 16.0 Å². The van der Waals surface area contributed by atoms with Crippen LogP contribution in [0.5, 0.6) is 0 Å². The third kappa shape index (κ3) is 13.6. The van der Waals surface area contributed by atoms with E-state index >= 15 is 0 Å². The molecule has 0 aromatic heterocycles. The number of hydrogen-bond acceptors (Lipinski definition) is 7. The molecule has 0 radical (unpaired) electrons. The highest BCUT2D eigenvalue weighted by Gasteiger charge is 2.44. The van der Waals surface area contributed by atoms with Gasteiger partial charge in [0.15, 0.2) is 0 Å². The van der Waals surface area contributed by atoms with Crippen molar-refractivity contribution in [3.05, 3.63) is 35.9 Å². The predicted octanol–water partition coefficient (Wildman–Crippen LogP) is 2.45. The first-order valence-electron chi connectivity index (χ1n) is 13.6. The number of halogens is 3. The third-order valence-corrected chi connectivity index (χ3v) is 6.09. The monoisotopic (exact) mass is 616 g/mol. The zero-order chi connectivity index (χ0) is 32.9. The number of ketones is 1. The second kappa shape index (κ2) is 17.1. The Labute approximate surface area is 247 Å². The molecule has 1 aromatic rings. The molecule has 0 heterocycles. The van der Waals surface area contributed by atoms with Crippen LogP contribution in [0.3, 0.4) is 0 Å². The van der Waals surface area contributed by atoms with Crippen LogP contribution in [0.1, 0.15) is 59.4 Å². The first kappa shape index (κ1) is 36.9. The highest BCUT2D eigenvalue weighted by atomic mass is 19.4. The van der Waals surface area contributed by atoms with Crippen LogP contribution in [0.2, 0.25) is 0 Å². The van der Waals surface area contributed by atoms with Crippen LogP contribution >= 0.6 is 0 Å². The second-order valence-corrected chi connectivity index (χ2v) is 10.7. The van der Waals surface area contributed by atoms with E-state index in [0.717, 1.165) is 5.56 Å². The van der Waals surface area contributed by atoms with Crippen LogP contribution in [0, 0.1) is 11.8 Å². The molecule has 0 aliphatic heterocycles. The van der Waals surface area contributed by atoms with Crippen molar-refractivity contribution in [3.8, 4) is 0 Å². The van der Waals surface area contributed by atoms with Gasteiger partial charge in [0.05, 0.1) is 6.04 Å². The van der Waals surface area contributed by atoms with Crippen molar-refractivity contribution in [2.24, 2.45) is 11.8 Å². The van der Waals surface area contributed by atoms with Crippen molar-refractivity contribution in [3.63, 3.8) is 0 Å². The topological polar surface area (TPSA) is 180 Å². The summed E-state index contributed by atoms with van der Waals surface area (Å²) in [5.41, 5.74) is 0.724. The van der Waals surface area contributed by atoms with E-state index in [0.29, 0.717) is 0 Å². The number of hydrogen-bond donors (Lipinski definition) is 5. The van der Waals surface area contributed by atoms with E-state index < -0.39 is 84.7 Å². The Morgan fingerprint density at radius 3 is 1.91 bits per heavy atom. The molecule has 15 heteroatoms. The number of benzene rings is 1. The van der Waals surface area contributed by atoms with E-state index in [1.807, 2.05) is 5.32 Å². The summed E-state index contributed by atoms with van der Waals surface area (Å²) < 4.78 is 44.3. The molecule has 0 saturated heterocycles. The number of alkyl halides is 3. The number of Topliss-reactive ketones (excluding diaryl/α,β-unsaturated/α-hetero) is 1. The summed E-state index contributed by atoms with van der Waals surface area (Å²) in [4.78, 5) is 73.8. The molecule has 1 rings (SSSR count). The second-order valence-electron chi connectivity index (χ2n) is 10.7. The van der Waals surface area contributed by atoms with Gasteiger partial charge in [0.1, 0.15) is 24.7 Å². The molecular weight excluding hydrogens is 577 g/mol. The maximum absolute atomic E-state index is 13.2. The number of alkyl carbamates (subject to hydrolysis) is 1. The Bertz CT molecular complexity index is 1130. The molecular formula is C28H39F3N4O8. The number of carboxylic acid groups (broad SMARTS) is 1. The smallest absolute Gasteiger partial charge is 0.452 e. The van der Waals surface area contributed by atoms with E-state index in [-0.39, 0.29) is 18.9 Å². The van der Waals surface area contributed by atoms with Gasteiger partial charge in [-0.2, -0.15) is 13.2 Å². The minimum atomic E-state index is -5.33. The number of carbonyl (C=O) groups is 6. The number of ether oxygens (including phenoxy) is 1. The maximum Gasteiger partial charge on any atom is 0.452 e. The van der Waals surface area contributed by atoms with Gasteiger partial charge in [-0.25, -0.2) is 4.79 Å². The SMILES string of the molecule is CC(C)C[C@H](NC(=O)[C@@H](NC(=O)[C@H](C)NC(=O)OCc1ccccc1)C(C)C)C(=O)N[C@@H](CCC(=O)O)C(=O)C(F)(F)F. The molecule has 240 valence electrons. The Kier molecular flexibility index (Phi) is 14.6. The molecule has 12 nitrogen and oxygen atoms in total. The van der Waals surface area contributed by atoms with Crippen molar-refractivity contribution in [1.82, 2.24) is 21.3 Å². The van der Waals surface area contributed by atoms with Gasteiger partial charge in [0.2, 0.25) is 17.7 Å². The predicted molar refractivity (Wildman–Crippen MR) is 147 cm³/mol. The Balaban J connectivity index is 2.94. The molecule has 1 aromatic carbocycles. The Morgan fingerprint density at radius 1 is 0.814 bits per heavy atom. The summed E-state index contributed by atoms with van der Waals surface area (Å²) in [6.07, 6.45) is -7.89. The highest BCUT2D eigenvalue weighted by molar-refractivity contribution is 5.96. The molecule has 4 atom stereocenters. The van der Waals surface area contributed by atoms with Crippen molar-refractivity contribution in [1.29, 1.82) is 0 Å². The quantitative estimate of drug-likeness (QED) is 0.188. The number of amides is 4. The van der Waals surface area contributed by atoms with Gasteiger partial charge in [-0.3, -0.25) is 24.0 Å². The van der Waals surface area contributed by atoms with Crippen molar-refractivity contribution >= 4 is 35.6 Å². The molecule has 0 saturated carbocycles. The molecule has 43 heavy (non-hydrogen) atoms. The van der Waals surface area contributed by atoms with Crippen molar-refractivity contribution < 1.29 is 51.8 Å². The Hall–Kier alpha value is -4.17. The molecule has 0 aliphatic carbocycles. The number of nitrogens with one attached hydrogen (secondary N) is 4. The number of rotatable bonds is 16. The minimum absolute atomic E-state index is 0.0386. The van der Waals surface area contributed by atoms with Gasteiger partial charge in [0.25, 0.3) is 5.78 Å². The fourth-order valence-corrected chi connectivity index (χ4v) is 3.79. The van der Waals surface area contributed by atoms with Crippen molar-refractivity contribution in [2.45, 2.75) is 90.8 Å². The lowest BCUT2D eigenvalue weighted by atomic mass is 9.98. The highest BCUT2D eigenvalue weighted by Crippen LogP contribution is 2.20. The van der Waals surface area contributed by atoms with Crippen LogP contribution < -0.4 is 21.3 Å². The van der Waals surface area contributed by atoms with Crippen LogP contribution in [0.15, 0.2) is 30.3 Å². The average Bonchev–Trinajstić information content (AvgIpc) is 2.91. The molecule has 0 fully saturated rings. The molecule has 0 unspecified atom stereocenters. The lowest BCUT2D eigenvalue weighted by molar-refractivity contribution is -0.174. The molecule has 0 bridgehead atoms. The van der Waals surface area contributed by atoms with Gasteiger partial charge in [-0.1, -0.05) is 58.0 Å². The van der Waals surface area contributed by atoms with Gasteiger partial charge in [0, 0.05) is 6.42 Å². The average molecular weight is 617 g/mol. The third-order valence-electron chi connectivity index (χ3n) is 6.09. The van der Waals surface area contributed by atoms with Crippen LogP contribution in [-0.4, -0.2) is 71.0 Å². The van der Waals surface area contributed by atoms with Gasteiger partial charge >= 0.3 is 18.2 Å². The molecule has 4 amide bonds. The maximum atomic E-state index is 13.2. The lowest BCUT2D eigenvalue weighted by Crippen LogP contribution is -2.59. The number of carboxylic acids is 1. The van der Waals surface area contributed by atoms with Gasteiger partial charge in [-0.15, -0.1) is 0 Å². The molecule has 0 spiro atoms. The van der Waals surface area contributed by atoms with Gasteiger partial charge in [-0.05, 0) is 37.2 Å². The fourth-order valence-electron chi connectivity index (χ4n) is 3.79. The lowest BCUT2D eigenvalue weighted by Gasteiger charge is -2.28. The first-order chi connectivity index (χ1) is 19.9. The summed E-state index contributed by atoms with van der Waals surface area (Å²) in [6.45, 7) is 7.88. The Morgan fingerprint density at radius 2 is 1.40 bits per heavy atom. The van der Waals surface area contributed by atoms with E-state index in [9.17, 15) is 41.9 Å². The first-order valence-corrected chi connectivity index (χ1v) is 13.6. The van der Waals surface area contributed by atoms with E-state index in [4.69, 9.17) is 9.84 Å². The summed E-state index contributed by atoms with van der Waals surface area (Å²) in [5.74, 6) is -7.28. The number of aliphatic carboxylic acids is 1. The van der Waals surface area contributed by atoms with Crippen LogP contribution in [-0.2, 0) is 35.3 Å². The summed E-state index contributed by atoms with van der Waals surface area (Å²) in [7, 11) is 0. The fraction of sp³-hybridized carbons (Fsp3) is 0.571. The summed E-state index contributed by atoms with van der Waals surface area (Å²) in [6, 6.07) is 2.86. The zero-order valence-corrected chi connectivity index (χ0v) is 24.6. The van der Waals surface area contributed by atoms with E-state index in [1.165, 1.54) is 6.92 Å². The van der Waals surface area contributed by atoms with E-state index in [1.54, 1.807) is 58.0 Å². The normalized spacial score (nSPS) is 14.2. The minimum Gasteiger partial charge on any atom is -0.481 e. The van der Waals surface area contributed by atoms with Crippen molar-refractivity contribution in [2.75, 3.05) is 0 Å². The summed E-state index contributed by atoms with van der Waals surface area (Å²) in [5, 5.41) is 18.0. The molecule has 5 N–H and O–H groups in total. The number of carbonyl (C=O) groups excluding carboxylic acids is 5. The standard InChI is InChI=1S/C28H39F3N4O8/c1-15(2)13-20(25(40)33-19(11-12-21(36)37)23(38)28(29,30)31)34-26(41)22(16(3)4)35-24(39)17(5)32-27(42)43-14-18-9-7-6-8-10-18/h6-10,15-17,19-20,22H,11-14H2,1-5H3,(H,32,42)(H,33,40)(H,34,41)(H,35,39)(H,36,37)/t17-,19-,20-,22-/m0/s1. The van der Waals surface area contributed by atoms with Gasteiger partial charge < -0.3 is 31.1 Å². The van der Waals surface area contributed by atoms with Crippen LogP contribution in [0.4, 0.5) is 18.0 Å². The summed E-state index contributed by atoms with van der Waals surface area (Å²) >= 11 is 0. The largest absolute Gasteiger partial charge is 0.481 e. The zero-order valence-electron chi connectivity index (χ0n) is 24.6.